The molecule has 0 unspecified atom stereocenters. The van der Waals surface area contributed by atoms with Crippen molar-refractivity contribution in [1.82, 2.24) is 4.98 Å². The molecule has 0 saturated heterocycles. The molecular formula is C14H9F2N. The first-order valence-electron chi connectivity index (χ1n) is 6.94. The molecule has 0 spiro atoms. The Morgan fingerprint density at radius 1 is 1.06 bits per heavy atom. The molecule has 2 aromatic carbocycles. The summed E-state index contributed by atoms with van der Waals surface area (Å²) in [5.74, 6) is -1.50. The van der Waals surface area contributed by atoms with Crippen molar-refractivity contribution < 1.29 is 14.3 Å². The van der Waals surface area contributed by atoms with E-state index in [1.807, 2.05) is 0 Å². The summed E-state index contributed by atoms with van der Waals surface area (Å²) in [5, 5.41) is 0.267. The third-order valence-corrected chi connectivity index (χ3v) is 2.45. The van der Waals surface area contributed by atoms with Gasteiger partial charge in [-0.05, 0) is 17.7 Å². The van der Waals surface area contributed by atoms with Gasteiger partial charge in [0.25, 0.3) is 0 Å². The lowest BCUT2D eigenvalue weighted by atomic mass is 10.1. The number of aromatic nitrogens is 1. The van der Waals surface area contributed by atoms with E-state index < -0.39 is 11.6 Å². The molecule has 0 fully saturated rings. The van der Waals surface area contributed by atoms with Gasteiger partial charge in [-0.2, -0.15) is 0 Å². The second-order valence-electron chi connectivity index (χ2n) is 3.59. The SMILES string of the molecule is [2H]c1cc([2H])c([2H])c(-c2cc3cc(F)cc(F)c3[nH]2)c1[2H]. The van der Waals surface area contributed by atoms with Gasteiger partial charge in [0.05, 0.1) is 11.0 Å². The maximum atomic E-state index is 13.7. The number of nitrogens with one attached hydrogen (secondary N) is 1. The largest absolute Gasteiger partial charge is 0.352 e. The molecule has 3 aromatic rings. The quantitative estimate of drug-likeness (QED) is 0.651. The summed E-state index contributed by atoms with van der Waals surface area (Å²) in [6, 6.07) is 3.53. The van der Waals surface area contributed by atoms with Crippen LogP contribution < -0.4 is 0 Å². The molecule has 84 valence electrons. The van der Waals surface area contributed by atoms with Gasteiger partial charge < -0.3 is 4.98 Å². The average molecular weight is 233 g/mol. The van der Waals surface area contributed by atoms with Gasteiger partial charge in [0, 0.05) is 17.1 Å². The van der Waals surface area contributed by atoms with Gasteiger partial charge in [-0.15, -0.1) is 0 Å². The van der Waals surface area contributed by atoms with Gasteiger partial charge in [0.15, 0.2) is 0 Å². The molecular weight excluding hydrogens is 220 g/mol. The second-order valence-corrected chi connectivity index (χ2v) is 3.59. The molecule has 0 aliphatic carbocycles. The Kier molecular flexibility index (Phi) is 1.42. The summed E-state index contributed by atoms with van der Waals surface area (Å²) >= 11 is 0. The highest BCUT2D eigenvalue weighted by molar-refractivity contribution is 5.86. The number of rotatable bonds is 1. The number of halogens is 2. The summed E-state index contributed by atoms with van der Waals surface area (Å²) in [6.07, 6.45) is 0. The van der Waals surface area contributed by atoms with Gasteiger partial charge in [-0.1, -0.05) is 30.2 Å². The van der Waals surface area contributed by atoms with Gasteiger partial charge >= 0.3 is 0 Å². The summed E-state index contributed by atoms with van der Waals surface area (Å²) in [4.78, 5) is 2.70. The molecule has 1 aromatic heterocycles. The van der Waals surface area contributed by atoms with Crippen LogP contribution in [0.3, 0.4) is 0 Å². The lowest BCUT2D eigenvalue weighted by Crippen LogP contribution is -1.81. The maximum absolute atomic E-state index is 13.7. The number of aromatic amines is 1. The van der Waals surface area contributed by atoms with Crippen LogP contribution in [-0.2, 0) is 0 Å². The van der Waals surface area contributed by atoms with E-state index >= 15 is 0 Å². The molecule has 1 N–H and O–H groups in total. The van der Waals surface area contributed by atoms with Crippen LogP contribution in [0.25, 0.3) is 22.2 Å². The monoisotopic (exact) mass is 233 g/mol. The fraction of sp³-hybridized carbons (Fsp3) is 0. The molecule has 3 rings (SSSR count). The first-order valence-corrected chi connectivity index (χ1v) is 4.94. The highest BCUT2D eigenvalue weighted by atomic mass is 19.1. The Morgan fingerprint density at radius 3 is 2.59 bits per heavy atom. The van der Waals surface area contributed by atoms with E-state index in [2.05, 4.69) is 4.98 Å². The molecule has 17 heavy (non-hydrogen) atoms. The molecule has 0 atom stereocenters. The zero-order valence-electron chi connectivity index (χ0n) is 12.6. The van der Waals surface area contributed by atoms with Crippen molar-refractivity contribution in [2.75, 3.05) is 0 Å². The van der Waals surface area contributed by atoms with Crippen molar-refractivity contribution in [3.8, 4) is 11.3 Å². The van der Waals surface area contributed by atoms with E-state index in [0.717, 1.165) is 18.2 Å². The predicted molar refractivity (Wildman–Crippen MR) is 63.7 cm³/mol. The Morgan fingerprint density at radius 2 is 1.82 bits per heavy atom. The first-order chi connectivity index (χ1) is 9.88. The number of hydrogen-bond donors (Lipinski definition) is 1. The smallest absolute Gasteiger partial charge is 0.150 e. The first kappa shape index (κ1) is 6.55. The van der Waals surface area contributed by atoms with Crippen molar-refractivity contribution in [3.63, 3.8) is 0 Å². The number of hydrogen-bond acceptors (Lipinski definition) is 0. The normalized spacial score (nSPS) is 14.2. The predicted octanol–water partition coefficient (Wildman–Crippen LogP) is 4.11. The molecule has 1 heterocycles. The maximum Gasteiger partial charge on any atom is 0.150 e. The molecule has 0 aliphatic heterocycles. The highest BCUT2D eigenvalue weighted by Gasteiger charge is 2.08. The number of fused-ring (bicyclic) bond motifs is 1. The molecule has 0 radical (unpaired) electrons. The fourth-order valence-corrected chi connectivity index (χ4v) is 1.72. The van der Waals surface area contributed by atoms with Gasteiger partial charge in [0.1, 0.15) is 11.6 Å². The van der Waals surface area contributed by atoms with E-state index in [0.29, 0.717) is 0 Å². The summed E-state index contributed by atoms with van der Waals surface area (Å²) < 4.78 is 57.9. The van der Waals surface area contributed by atoms with Crippen LogP contribution in [0.2, 0.25) is 0 Å². The Balaban J connectivity index is 2.34. The lowest BCUT2D eigenvalue weighted by Gasteiger charge is -1.95. The van der Waals surface area contributed by atoms with Crippen LogP contribution in [0.15, 0.2) is 48.4 Å². The van der Waals surface area contributed by atoms with Gasteiger partial charge in [-0.25, -0.2) is 8.78 Å². The Hall–Kier alpha value is -2.16. The third-order valence-electron chi connectivity index (χ3n) is 2.45. The molecule has 1 nitrogen and oxygen atoms in total. The van der Waals surface area contributed by atoms with Crippen molar-refractivity contribution in [2.45, 2.75) is 0 Å². The van der Waals surface area contributed by atoms with E-state index in [4.69, 9.17) is 5.48 Å². The minimum Gasteiger partial charge on any atom is -0.352 e. The van der Waals surface area contributed by atoms with Gasteiger partial charge in [-0.3, -0.25) is 0 Å². The van der Waals surface area contributed by atoms with Crippen molar-refractivity contribution in [1.29, 1.82) is 0 Å². The van der Waals surface area contributed by atoms with Crippen LogP contribution in [0.4, 0.5) is 8.78 Å². The third kappa shape index (κ3) is 1.69. The highest BCUT2D eigenvalue weighted by Crippen LogP contribution is 2.26. The van der Waals surface area contributed by atoms with Crippen molar-refractivity contribution >= 4 is 10.9 Å². The standard InChI is InChI=1S/C14H9F2N/c15-11-6-10-7-13(9-4-2-1-3-5-9)17-14(10)12(16)8-11/h1-8,17H/i2D,3D,4D,5D. The van der Waals surface area contributed by atoms with Gasteiger partial charge in [0.2, 0.25) is 0 Å². The van der Waals surface area contributed by atoms with Crippen molar-refractivity contribution in [3.05, 3.63) is 60.1 Å². The topological polar surface area (TPSA) is 15.8 Å². The molecule has 0 bridgehead atoms. The minimum absolute atomic E-state index is 0.0310. The Bertz CT molecular complexity index is 847. The Labute approximate surface area is 102 Å². The number of H-pyrrole nitrogens is 1. The fourth-order valence-electron chi connectivity index (χ4n) is 1.72. The van der Waals surface area contributed by atoms with Crippen LogP contribution in [-0.4, -0.2) is 4.98 Å². The molecule has 0 amide bonds. The molecule has 3 heteroatoms. The minimum atomic E-state index is -0.776. The van der Waals surface area contributed by atoms with Crippen LogP contribution in [0, 0.1) is 11.6 Å². The summed E-state index contributed by atoms with van der Waals surface area (Å²) in [6.45, 7) is 0. The van der Waals surface area contributed by atoms with Crippen molar-refractivity contribution in [2.24, 2.45) is 0 Å². The average Bonchev–Trinajstić information content (AvgIpc) is 2.80. The van der Waals surface area contributed by atoms with Crippen LogP contribution in [0.5, 0.6) is 0 Å². The van der Waals surface area contributed by atoms with E-state index in [9.17, 15) is 8.78 Å². The second kappa shape index (κ2) is 3.70. The summed E-state index contributed by atoms with van der Waals surface area (Å²) in [7, 11) is 0. The van der Waals surface area contributed by atoms with E-state index in [-0.39, 0.29) is 46.3 Å². The summed E-state index contributed by atoms with van der Waals surface area (Å²) in [5.41, 5.74) is 0.308. The number of benzene rings is 2. The molecule has 0 saturated carbocycles. The van der Waals surface area contributed by atoms with E-state index in [1.54, 1.807) is 0 Å². The van der Waals surface area contributed by atoms with Crippen LogP contribution in [0.1, 0.15) is 5.48 Å². The zero-order chi connectivity index (χ0) is 15.3. The zero-order valence-corrected chi connectivity index (χ0v) is 8.57. The van der Waals surface area contributed by atoms with Crippen LogP contribution >= 0.6 is 0 Å². The molecule has 0 aliphatic rings. The van der Waals surface area contributed by atoms with E-state index in [1.165, 1.54) is 6.07 Å². The lowest BCUT2D eigenvalue weighted by molar-refractivity contribution is 0.591.